The Hall–Kier alpha value is -3.61. The fourth-order valence-electron chi connectivity index (χ4n) is 2.98. The number of rotatable bonds is 10. The quantitative estimate of drug-likeness (QED) is 0.490. The number of aliphatic carboxylic acids is 1. The summed E-state index contributed by atoms with van der Waals surface area (Å²) in [4.78, 5) is 37.3. The maximum Gasteiger partial charge on any atom is 0.326 e. The Kier molecular flexibility index (Phi) is 9.01. The predicted octanol–water partition coefficient (Wildman–Crippen LogP) is 3.78. The first-order valence-corrected chi connectivity index (χ1v) is 10.6. The summed E-state index contributed by atoms with van der Waals surface area (Å²) in [5.41, 5.74) is 1.99. The van der Waals surface area contributed by atoms with Crippen molar-refractivity contribution in [2.45, 2.75) is 40.2 Å². The average molecular weight is 439 g/mol. The lowest BCUT2D eigenvalue weighted by atomic mass is 10.0. The van der Waals surface area contributed by atoms with E-state index in [1.54, 1.807) is 48.5 Å². The molecule has 0 aromatic heterocycles. The van der Waals surface area contributed by atoms with Crippen LogP contribution in [-0.2, 0) is 9.59 Å². The summed E-state index contributed by atoms with van der Waals surface area (Å²) in [6.45, 7) is 8.07. The summed E-state index contributed by atoms with van der Waals surface area (Å²) >= 11 is 0. The van der Waals surface area contributed by atoms with E-state index in [9.17, 15) is 19.5 Å². The molecule has 0 aliphatic heterocycles. The van der Waals surface area contributed by atoms with Crippen molar-refractivity contribution in [3.05, 3.63) is 70.9 Å². The molecule has 0 aliphatic rings. The van der Waals surface area contributed by atoms with Gasteiger partial charge in [0.25, 0.3) is 11.8 Å². The van der Waals surface area contributed by atoms with Gasteiger partial charge in [0.2, 0.25) is 0 Å². The van der Waals surface area contributed by atoms with E-state index in [0.29, 0.717) is 23.5 Å². The number of nitrogens with one attached hydrogen (secondary N) is 2. The SMILES string of the molecule is CCOc1ccc(/C=C(/NC(=O)c2ccc(C)cc2)C(=O)N[C@@H](CC(C)C)C(=O)O)cc1. The number of carboxylic acids is 1. The van der Waals surface area contributed by atoms with Crippen LogP contribution in [-0.4, -0.2) is 35.5 Å². The zero-order chi connectivity index (χ0) is 23.7. The first-order valence-electron chi connectivity index (χ1n) is 10.6. The van der Waals surface area contributed by atoms with E-state index < -0.39 is 23.8 Å². The number of hydrogen-bond donors (Lipinski definition) is 3. The summed E-state index contributed by atoms with van der Waals surface area (Å²) < 4.78 is 5.43. The lowest BCUT2D eigenvalue weighted by molar-refractivity contribution is -0.141. The molecule has 7 nitrogen and oxygen atoms in total. The molecule has 2 aromatic rings. The molecule has 32 heavy (non-hydrogen) atoms. The fourth-order valence-corrected chi connectivity index (χ4v) is 2.98. The van der Waals surface area contributed by atoms with Crippen LogP contribution < -0.4 is 15.4 Å². The van der Waals surface area contributed by atoms with E-state index in [1.165, 1.54) is 6.08 Å². The van der Waals surface area contributed by atoms with Crippen LogP contribution in [0, 0.1) is 12.8 Å². The largest absolute Gasteiger partial charge is 0.494 e. The average Bonchev–Trinajstić information content (AvgIpc) is 2.74. The van der Waals surface area contributed by atoms with Crippen molar-refractivity contribution in [1.29, 1.82) is 0 Å². The molecule has 2 aromatic carbocycles. The lowest BCUT2D eigenvalue weighted by Gasteiger charge is -2.18. The summed E-state index contributed by atoms with van der Waals surface area (Å²) in [5, 5.41) is 14.6. The smallest absolute Gasteiger partial charge is 0.326 e. The van der Waals surface area contributed by atoms with Gasteiger partial charge in [-0.3, -0.25) is 9.59 Å². The summed E-state index contributed by atoms with van der Waals surface area (Å²) in [6.07, 6.45) is 1.77. The molecule has 0 bridgehead atoms. The van der Waals surface area contributed by atoms with Crippen LogP contribution in [0.2, 0.25) is 0 Å². The number of benzene rings is 2. The minimum Gasteiger partial charge on any atom is -0.494 e. The Bertz CT molecular complexity index is 963. The van der Waals surface area contributed by atoms with Crippen molar-refractivity contribution in [2.75, 3.05) is 6.61 Å². The van der Waals surface area contributed by atoms with Crippen molar-refractivity contribution in [1.82, 2.24) is 10.6 Å². The second-order valence-electron chi connectivity index (χ2n) is 7.87. The number of aryl methyl sites for hydroxylation is 1. The third kappa shape index (κ3) is 7.58. The molecule has 0 radical (unpaired) electrons. The molecule has 3 N–H and O–H groups in total. The molecular formula is C25H30N2O5. The van der Waals surface area contributed by atoms with E-state index in [0.717, 1.165) is 5.56 Å². The van der Waals surface area contributed by atoms with Gasteiger partial charge >= 0.3 is 5.97 Å². The Labute approximate surface area is 188 Å². The molecule has 1 atom stereocenters. The maximum atomic E-state index is 13.0. The summed E-state index contributed by atoms with van der Waals surface area (Å²) in [6, 6.07) is 12.9. The Morgan fingerprint density at radius 3 is 2.19 bits per heavy atom. The third-order valence-electron chi connectivity index (χ3n) is 4.62. The standard InChI is InChI=1S/C25H30N2O5/c1-5-32-20-12-8-18(9-13-20)15-21(24(29)27-22(25(30)31)14-16(2)3)26-23(28)19-10-6-17(4)7-11-19/h6-13,15-16,22H,5,14H2,1-4H3,(H,26,28)(H,27,29)(H,30,31)/b21-15+/t22-/m0/s1. The fraction of sp³-hybridized carbons (Fsp3) is 0.320. The first-order chi connectivity index (χ1) is 15.2. The Morgan fingerprint density at radius 1 is 1.03 bits per heavy atom. The Morgan fingerprint density at radius 2 is 1.66 bits per heavy atom. The highest BCUT2D eigenvalue weighted by molar-refractivity contribution is 6.06. The highest BCUT2D eigenvalue weighted by Gasteiger charge is 2.24. The van der Waals surface area contributed by atoms with Crippen LogP contribution in [0.1, 0.15) is 48.7 Å². The van der Waals surface area contributed by atoms with Gasteiger partial charge in [0.15, 0.2) is 0 Å². The highest BCUT2D eigenvalue weighted by atomic mass is 16.5. The monoisotopic (exact) mass is 438 g/mol. The first kappa shape index (κ1) is 24.7. The van der Waals surface area contributed by atoms with E-state index in [-0.39, 0.29) is 18.0 Å². The number of ether oxygens (including phenoxy) is 1. The molecule has 0 heterocycles. The zero-order valence-electron chi connectivity index (χ0n) is 18.8. The van der Waals surface area contributed by atoms with Gasteiger partial charge in [-0.15, -0.1) is 0 Å². The lowest BCUT2D eigenvalue weighted by Crippen LogP contribution is -2.45. The molecule has 0 unspecified atom stereocenters. The van der Waals surface area contributed by atoms with Crippen LogP contribution in [0.3, 0.4) is 0 Å². The van der Waals surface area contributed by atoms with Crippen LogP contribution in [0.4, 0.5) is 0 Å². The molecule has 0 spiro atoms. The van der Waals surface area contributed by atoms with Crippen molar-refractivity contribution < 1.29 is 24.2 Å². The Balaban J connectivity index is 2.32. The molecule has 2 rings (SSSR count). The summed E-state index contributed by atoms with van der Waals surface area (Å²) in [7, 11) is 0. The van der Waals surface area contributed by atoms with Crippen LogP contribution in [0.25, 0.3) is 6.08 Å². The topological polar surface area (TPSA) is 105 Å². The van der Waals surface area contributed by atoms with Gasteiger partial charge in [-0.1, -0.05) is 43.7 Å². The van der Waals surface area contributed by atoms with Crippen LogP contribution in [0.15, 0.2) is 54.2 Å². The molecule has 0 aliphatic carbocycles. The maximum absolute atomic E-state index is 13.0. The van der Waals surface area contributed by atoms with Crippen molar-refractivity contribution in [3.8, 4) is 5.75 Å². The van der Waals surface area contributed by atoms with E-state index >= 15 is 0 Å². The van der Waals surface area contributed by atoms with Crippen molar-refractivity contribution >= 4 is 23.9 Å². The van der Waals surface area contributed by atoms with Crippen LogP contribution >= 0.6 is 0 Å². The van der Waals surface area contributed by atoms with Crippen LogP contribution in [0.5, 0.6) is 5.75 Å². The van der Waals surface area contributed by atoms with Crippen molar-refractivity contribution in [2.24, 2.45) is 5.92 Å². The van der Waals surface area contributed by atoms with Gasteiger partial charge in [0.1, 0.15) is 17.5 Å². The molecular weight excluding hydrogens is 408 g/mol. The van der Waals surface area contributed by atoms with E-state index in [2.05, 4.69) is 10.6 Å². The van der Waals surface area contributed by atoms with Gasteiger partial charge in [0, 0.05) is 5.56 Å². The highest BCUT2D eigenvalue weighted by Crippen LogP contribution is 2.15. The second kappa shape index (κ2) is 11.7. The van der Waals surface area contributed by atoms with Gasteiger partial charge in [0.05, 0.1) is 6.61 Å². The summed E-state index contributed by atoms with van der Waals surface area (Å²) in [5.74, 6) is -1.52. The number of hydrogen-bond acceptors (Lipinski definition) is 4. The van der Waals surface area contributed by atoms with Gasteiger partial charge in [-0.05, 0) is 62.1 Å². The number of carbonyl (C=O) groups excluding carboxylic acids is 2. The zero-order valence-corrected chi connectivity index (χ0v) is 18.8. The second-order valence-corrected chi connectivity index (χ2v) is 7.87. The molecule has 170 valence electrons. The number of amides is 2. The minimum atomic E-state index is -1.13. The molecule has 0 saturated heterocycles. The number of carbonyl (C=O) groups is 3. The molecule has 7 heteroatoms. The third-order valence-corrected chi connectivity index (χ3v) is 4.62. The predicted molar refractivity (Wildman–Crippen MR) is 123 cm³/mol. The van der Waals surface area contributed by atoms with Gasteiger partial charge in [-0.25, -0.2) is 4.79 Å². The number of carboxylic acid groups (broad SMARTS) is 1. The molecule has 2 amide bonds. The van der Waals surface area contributed by atoms with E-state index in [1.807, 2.05) is 27.7 Å². The van der Waals surface area contributed by atoms with E-state index in [4.69, 9.17) is 4.74 Å². The van der Waals surface area contributed by atoms with Crippen molar-refractivity contribution in [3.63, 3.8) is 0 Å². The normalized spacial score (nSPS) is 12.2. The minimum absolute atomic E-state index is 0.0465. The van der Waals surface area contributed by atoms with Gasteiger partial charge < -0.3 is 20.5 Å². The molecule has 0 fully saturated rings. The molecule has 0 saturated carbocycles. The van der Waals surface area contributed by atoms with Gasteiger partial charge in [-0.2, -0.15) is 0 Å².